The SMILES string of the molecule is Fc1ccc(Br)c(CNCc2c(F)cccc2F)c1. The van der Waals surface area contributed by atoms with Crippen molar-refractivity contribution in [3.8, 4) is 0 Å². The van der Waals surface area contributed by atoms with E-state index < -0.39 is 11.6 Å². The van der Waals surface area contributed by atoms with Gasteiger partial charge in [-0.25, -0.2) is 13.2 Å². The van der Waals surface area contributed by atoms with Gasteiger partial charge in [0.2, 0.25) is 0 Å². The summed E-state index contributed by atoms with van der Waals surface area (Å²) < 4.78 is 40.5. The van der Waals surface area contributed by atoms with Crippen LogP contribution in [0.5, 0.6) is 0 Å². The molecule has 0 spiro atoms. The van der Waals surface area contributed by atoms with Crippen LogP contribution in [-0.4, -0.2) is 0 Å². The lowest BCUT2D eigenvalue weighted by atomic mass is 10.2. The van der Waals surface area contributed by atoms with Gasteiger partial charge in [-0.15, -0.1) is 0 Å². The van der Waals surface area contributed by atoms with Gasteiger partial charge in [0.1, 0.15) is 17.5 Å². The van der Waals surface area contributed by atoms with Crippen molar-refractivity contribution in [2.45, 2.75) is 13.1 Å². The van der Waals surface area contributed by atoms with Crippen LogP contribution in [-0.2, 0) is 13.1 Å². The highest BCUT2D eigenvalue weighted by molar-refractivity contribution is 9.10. The van der Waals surface area contributed by atoms with Gasteiger partial charge < -0.3 is 5.32 Å². The average molecular weight is 330 g/mol. The van der Waals surface area contributed by atoms with Crippen LogP contribution in [0.1, 0.15) is 11.1 Å². The highest BCUT2D eigenvalue weighted by Gasteiger charge is 2.08. The normalized spacial score (nSPS) is 10.7. The smallest absolute Gasteiger partial charge is 0.130 e. The predicted molar refractivity (Wildman–Crippen MR) is 71.0 cm³/mol. The van der Waals surface area contributed by atoms with Gasteiger partial charge in [0.25, 0.3) is 0 Å². The van der Waals surface area contributed by atoms with Crippen molar-refractivity contribution in [3.63, 3.8) is 0 Å². The third kappa shape index (κ3) is 3.58. The van der Waals surface area contributed by atoms with Crippen LogP contribution in [0.25, 0.3) is 0 Å². The highest BCUT2D eigenvalue weighted by Crippen LogP contribution is 2.18. The summed E-state index contributed by atoms with van der Waals surface area (Å²) in [6.07, 6.45) is 0. The van der Waals surface area contributed by atoms with Crippen molar-refractivity contribution in [1.82, 2.24) is 5.32 Å². The molecular formula is C14H11BrF3N. The summed E-state index contributed by atoms with van der Waals surface area (Å²) in [6.45, 7) is 0.355. The number of hydrogen-bond acceptors (Lipinski definition) is 1. The Hall–Kier alpha value is -1.33. The van der Waals surface area contributed by atoms with Gasteiger partial charge in [0.05, 0.1) is 0 Å². The molecule has 1 nitrogen and oxygen atoms in total. The molecule has 5 heteroatoms. The lowest BCUT2D eigenvalue weighted by Crippen LogP contribution is -2.15. The minimum atomic E-state index is -0.592. The Balaban J connectivity index is 2.02. The van der Waals surface area contributed by atoms with E-state index in [-0.39, 0.29) is 17.9 Å². The first-order valence-corrected chi connectivity index (χ1v) is 6.45. The molecular weight excluding hydrogens is 319 g/mol. The Morgan fingerprint density at radius 2 is 1.63 bits per heavy atom. The molecule has 2 aromatic carbocycles. The lowest BCUT2D eigenvalue weighted by Gasteiger charge is -2.08. The van der Waals surface area contributed by atoms with Crippen molar-refractivity contribution in [3.05, 3.63) is 69.4 Å². The molecule has 0 saturated heterocycles. The fraction of sp³-hybridized carbons (Fsp3) is 0.143. The second-order valence-electron chi connectivity index (χ2n) is 4.04. The van der Waals surface area contributed by atoms with E-state index in [4.69, 9.17) is 0 Å². The Bertz CT molecular complexity index is 567. The van der Waals surface area contributed by atoms with Crippen LogP contribution in [0, 0.1) is 17.5 Å². The molecule has 0 radical (unpaired) electrons. The van der Waals surface area contributed by atoms with E-state index >= 15 is 0 Å². The Morgan fingerprint density at radius 3 is 2.32 bits per heavy atom. The quantitative estimate of drug-likeness (QED) is 0.888. The monoisotopic (exact) mass is 329 g/mol. The maximum atomic E-state index is 13.4. The molecule has 1 N–H and O–H groups in total. The summed E-state index contributed by atoms with van der Waals surface area (Å²) in [5.74, 6) is -1.53. The van der Waals surface area contributed by atoms with Crippen molar-refractivity contribution in [2.24, 2.45) is 0 Å². The molecule has 0 bridgehead atoms. The molecule has 0 aliphatic rings. The summed E-state index contributed by atoms with van der Waals surface area (Å²) in [7, 11) is 0. The molecule has 0 aliphatic carbocycles. The third-order valence-electron chi connectivity index (χ3n) is 2.69. The molecule has 0 fully saturated rings. The zero-order valence-corrected chi connectivity index (χ0v) is 11.5. The summed E-state index contributed by atoms with van der Waals surface area (Å²) in [6, 6.07) is 8.03. The number of halogens is 4. The zero-order chi connectivity index (χ0) is 13.8. The maximum absolute atomic E-state index is 13.4. The molecule has 2 aromatic rings. The van der Waals surface area contributed by atoms with Gasteiger partial charge in [-0.2, -0.15) is 0 Å². The number of hydrogen-bond donors (Lipinski definition) is 1. The molecule has 0 aromatic heterocycles. The highest BCUT2D eigenvalue weighted by atomic mass is 79.9. The van der Waals surface area contributed by atoms with E-state index in [0.717, 1.165) is 4.47 Å². The number of rotatable bonds is 4. The molecule has 0 unspecified atom stereocenters. The first-order chi connectivity index (χ1) is 9.08. The zero-order valence-electron chi connectivity index (χ0n) is 9.89. The van der Waals surface area contributed by atoms with E-state index in [9.17, 15) is 13.2 Å². The van der Waals surface area contributed by atoms with Gasteiger partial charge in [0, 0.05) is 23.1 Å². The number of nitrogens with one attached hydrogen (secondary N) is 1. The van der Waals surface area contributed by atoms with Crippen LogP contribution in [0.4, 0.5) is 13.2 Å². The second kappa shape index (κ2) is 6.21. The third-order valence-corrected chi connectivity index (χ3v) is 3.46. The minimum Gasteiger partial charge on any atom is -0.308 e. The van der Waals surface area contributed by atoms with Gasteiger partial charge >= 0.3 is 0 Å². The van der Waals surface area contributed by atoms with E-state index in [1.54, 1.807) is 6.07 Å². The van der Waals surface area contributed by atoms with Crippen molar-refractivity contribution in [1.29, 1.82) is 0 Å². The molecule has 0 heterocycles. The standard InChI is InChI=1S/C14H11BrF3N/c15-12-5-4-10(16)6-9(12)7-19-8-11-13(17)2-1-3-14(11)18/h1-6,19H,7-8H2. The summed E-state index contributed by atoms with van der Waals surface area (Å²) in [4.78, 5) is 0. The van der Waals surface area contributed by atoms with E-state index in [1.807, 2.05) is 0 Å². The maximum Gasteiger partial charge on any atom is 0.130 e. The van der Waals surface area contributed by atoms with Crippen LogP contribution in [0.2, 0.25) is 0 Å². The fourth-order valence-corrected chi connectivity index (χ4v) is 2.09. The molecule has 0 aliphatic heterocycles. The molecule has 19 heavy (non-hydrogen) atoms. The van der Waals surface area contributed by atoms with Gasteiger partial charge in [-0.1, -0.05) is 22.0 Å². The molecule has 100 valence electrons. The minimum absolute atomic E-state index is 0.0185. The van der Waals surface area contributed by atoms with Crippen molar-refractivity contribution < 1.29 is 13.2 Å². The Morgan fingerprint density at radius 1 is 0.947 bits per heavy atom. The van der Waals surface area contributed by atoms with Crippen LogP contribution >= 0.6 is 15.9 Å². The lowest BCUT2D eigenvalue weighted by molar-refractivity contribution is 0.534. The summed E-state index contributed by atoms with van der Waals surface area (Å²) >= 11 is 3.29. The van der Waals surface area contributed by atoms with Gasteiger partial charge in [-0.05, 0) is 35.9 Å². The topological polar surface area (TPSA) is 12.0 Å². The van der Waals surface area contributed by atoms with E-state index in [0.29, 0.717) is 12.1 Å². The van der Waals surface area contributed by atoms with Crippen molar-refractivity contribution in [2.75, 3.05) is 0 Å². The van der Waals surface area contributed by atoms with Crippen LogP contribution < -0.4 is 5.32 Å². The first kappa shape index (κ1) is 14.1. The van der Waals surface area contributed by atoms with Gasteiger partial charge in [-0.3, -0.25) is 0 Å². The first-order valence-electron chi connectivity index (χ1n) is 5.65. The molecule has 0 saturated carbocycles. The summed E-state index contributed by atoms with van der Waals surface area (Å²) in [5.41, 5.74) is 0.673. The largest absolute Gasteiger partial charge is 0.308 e. The molecule has 2 rings (SSSR count). The van der Waals surface area contributed by atoms with Gasteiger partial charge in [0.15, 0.2) is 0 Å². The Labute approximate surface area is 117 Å². The fourth-order valence-electron chi connectivity index (χ4n) is 1.70. The van der Waals surface area contributed by atoms with E-state index in [1.165, 1.54) is 30.3 Å². The molecule has 0 amide bonds. The van der Waals surface area contributed by atoms with Crippen LogP contribution in [0.3, 0.4) is 0 Å². The second-order valence-corrected chi connectivity index (χ2v) is 4.89. The van der Waals surface area contributed by atoms with E-state index in [2.05, 4.69) is 21.2 Å². The predicted octanol–water partition coefficient (Wildman–Crippen LogP) is 4.16. The Kier molecular flexibility index (Phi) is 4.61. The summed E-state index contributed by atoms with van der Waals surface area (Å²) in [5, 5.41) is 2.89. The van der Waals surface area contributed by atoms with Crippen LogP contribution in [0.15, 0.2) is 40.9 Å². The number of benzene rings is 2. The average Bonchev–Trinajstić information content (AvgIpc) is 2.37. The van der Waals surface area contributed by atoms with Crippen molar-refractivity contribution >= 4 is 15.9 Å². The molecule has 0 atom stereocenters.